The van der Waals surface area contributed by atoms with Crippen molar-refractivity contribution in [2.24, 2.45) is 0 Å². The lowest BCUT2D eigenvalue weighted by atomic mass is 10.1. The van der Waals surface area contributed by atoms with Crippen LogP contribution in [-0.2, 0) is 6.54 Å². The lowest BCUT2D eigenvalue weighted by Crippen LogP contribution is -2.54. The number of aliphatic hydroxyl groups excluding tert-OH is 1. The molecule has 1 unspecified atom stereocenters. The van der Waals surface area contributed by atoms with Crippen LogP contribution in [0.2, 0.25) is 0 Å². The highest BCUT2D eigenvalue weighted by atomic mass is 16.5. The van der Waals surface area contributed by atoms with Gasteiger partial charge in [0.15, 0.2) is 0 Å². The number of furan rings is 1. The maximum absolute atomic E-state index is 12.7. The monoisotopic (exact) mass is 347 g/mol. The van der Waals surface area contributed by atoms with Gasteiger partial charge in [-0.05, 0) is 18.4 Å². The zero-order chi connectivity index (χ0) is 17.8. The summed E-state index contributed by atoms with van der Waals surface area (Å²) in [5.41, 5.74) is 1.88. The fourth-order valence-electron chi connectivity index (χ4n) is 3.14. The lowest BCUT2D eigenvalue weighted by Gasteiger charge is -2.40. The van der Waals surface area contributed by atoms with Gasteiger partial charge in [0, 0.05) is 50.5 Å². The van der Waals surface area contributed by atoms with E-state index in [4.69, 9.17) is 8.94 Å². The van der Waals surface area contributed by atoms with Gasteiger partial charge in [0.2, 0.25) is 5.76 Å². The van der Waals surface area contributed by atoms with Crippen LogP contribution in [0, 0.1) is 0 Å². The molecule has 7 heteroatoms. The third-order valence-corrected chi connectivity index (χ3v) is 4.65. The number of amides is 1. The highest BCUT2D eigenvalue weighted by molar-refractivity contribution is 5.91. The zero-order valence-electron chi connectivity index (χ0n) is 14.7. The van der Waals surface area contributed by atoms with E-state index in [1.807, 2.05) is 19.9 Å². The van der Waals surface area contributed by atoms with Gasteiger partial charge in [-0.2, -0.15) is 0 Å². The van der Waals surface area contributed by atoms with Crippen molar-refractivity contribution in [1.29, 1.82) is 0 Å². The topological polar surface area (TPSA) is 83.0 Å². The molecule has 7 nitrogen and oxygen atoms in total. The SMILES string of the molecule is CC(C)c1cc(C(=O)N2CCN(Cc3ccoc3)C(CCO)C2)on1. The van der Waals surface area contributed by atoms with E-state index in [-0.39, 0.29) is 30.2 Å². The molecule has 0 aliphatic carbocycles. The molecule has 1 atom stereocenters. The Labute approximate surface area is 147 Å². The van der Waals surface area contributed by atoms with Gasteiger partial charge >= 0.3 is 0 Å². The number of hydrogen-bond acceptors (Lipinski definition) is 6. The van der Waals surface area contributed by atoms with Crippen LogP contribution in [-0.4, -0.2) is 58.3 Å². The molecule has 0 saturated carbocycles. The molecule has 3 rings (SSSR count). The Morgan fingerprint density at radius 3 is 2.92 bits per heavy atom. The molecule has 0 spiro atoms. The predicted octanol–water partition coefficient (Wildman–Crippen LogP) is 2.10. The van der Waals surface area contributed by atoms with Crippen LogP contribution in [0.25, 0.3) is 0 Å². The van der Waals surface area contributed by atoms with Crippen molar-refractivity contribution < 1.29 is 18.8 Å². The number of nitrogens with zero attached hydrogens (tertiary/aromatic N) is 3. The molecule has 136 valence electrons. The number of piperazine rings is 1. The summed E-state index contributed by atoms with van der Waals surface area (Å²) in [7, 11) is 0. The minimum absolute atomic E-state index is 0.0917. The molecule has 0 aromatic carbocycles. The first kappa shape index (κ1) is 17.7. The summed E-state index contributed by atoms with van der Waals surface area (Å²) in [6, 6.07) is 3.77. The third kappa shape index (κ3) is 4.11. The quantitative estimate of drug-likeness (QED) is 0.862. The average molecular weight is 347 g/mol. The number of carbonyl (C=O) groups is 1. The van der Waals surface area contributed by atoms with Gasteiger partial charge < -0.3 is 18.9 Å². The van der Waals surface area contributed by atoms with Crippen LogP contribution in [0.4, 0.5) is 0 Å². The molecule has 1 aliphatic rings. The van der Waals surface area contributed by atoms with Gasteiger partial charge in [-0.3, -0.25) is 9.69 Å². The Balaban J connectivity index is 1.66. The smallest absolute Gasteiger partial charge is 0.292 e. The second kappa shape index (κ2) is 7.84. The van der Waals surface area contributed by atoms with Crippen LogP contribution in [0.1, 0.15) is 48.0 Å². The summed E-state index contributed by atoms with van der Waals surface area (Å²) in [6.45, 7) is 6.80. The molecule has 3 heterocycles. The van der Waals surface area contributed by atoms with E-state index in [1.165, 1.54) is 0 Å². The summed E-state index contributed by atoms with van der Waals surface area (Å²) in [5.74, 6) is 0.374. The van der Waals surface area contributed by atoms with E-state index in [9.17, 15) is 9.90 Å². The molecular weight excluding hydrogens is 322 g/mol. The maximum Gasteiger partial charge on any atom is 0.292 e. The Morgan fingerprint density at radius 1 is 1.44 bits per heavy atom. The van der Waals surface area contributed by atoms with Crippen molar-refractivity contribution in [3.63, 3.8) is 0 Å². The summed E-state index contributed by atoms with van der Waals surface area (Å²) in [6.07, 6.45) is 4.01. The Bertz CT molecular complexity index is 680. The Hall–Kier alpha value is -2.12. The second-order valence-corrected chi connectivity index (χ2v) is 6.79. The van der Waals surface area contributed by atoms with Gasteiger partial charge in [0.05, 0.1) is 18.2 Å². The van der Waals surface area contributed by atoms with Crippen molar-refractivity contribution in [3.05, 3.63) is 41.7 Å². The third-order valence-electron chi connectivity index (χ3n) is 4.65. The summed E-state index contributed by atoms with van der Waals surface area (Å²) in [5, 5.41) is 13.4. The van der Waals surface area contributed by atoms with Crippen LogP contribution < -0.4 is 0 Å². The average Bonchev–Trinajstić information content (AvgIpc) is 3.27. The molecule has 1 aliphatic heterocycles. The first-order valence-corrected chi connectivity index (χ1v) is 8.70. The fraction of sp³-hybridized carbons (Fsp3) is 0.556. The predicted molar refractivity (Wildman–Crippen MR) is 91.1 cm³/mol. The maximum atomic E-state index is 12.7. The second-order valence-electron chi connectivity index (χ2n) is 6.79. The molecule has 0 radical (unpaired) electrons. The van der Waals surface area contributed by atoms with Crippen LogP contribution in [0.5, 0.6) is 0 Å². The molecule has 2 aromatic rings. The standard InChI is InChI=1S/C18H25N3O4/c1-13(2)16-9-17(25-19-16)18(23)21-6-5-20(15(11-21)3-7-22)10-14-4-8-24-12-14/h4,8-9,12-13,15,22H,3,5-7,10-11H2,1-2H3. The number of hydrogen-bond donors (Lipinski definition) is 1. The normalized spacial score (nSPS) is 18.9. The van der Waals surface area contributed by atoms with E-state index < -0.39 is 0 Å². The van der Waals surface area contributed by atoms with E-state index in [0.717, 1.165) is 24.3 Å². The van der Waals surface area contributed by atoms with Gasteiger partial charge in [0.1, 0.15) is 0 Å². The first-order chi connectivity index (χ1) is 12.1. The first-order valence-electron chi connectivity index (χ1n) is 8.70. The van der Waals surface area contributed by atoms with E-state index in [2.05, 4.69) is 10.1 Å². The van der Waals surface area contributed by atoms with Crippen LogP contribution in [0.3, 0.4) is 0 Å². The lowest BCUT2D eigenvalue weighted by molar-refractivity contribution is 0.0365. The van der Waals surface area contributed by atoms with Gasteiger partial charge in [-0.15, -0.1) is 0 Å². The van der Waals surface area contributed by atoms with Crippen molar-refractivity contribution in [3.8, 4) is 0 Å². The summed E-state index contributed by atoms with van der Waals surface area (Å²) >= 11 is 0. The zero-order valence-corrected chi connectivity index (χ0v) is 14.7. The summed E-state index contributed by atoms with van der Waals surface area (Å²) in [4.78, 5) is 16.8. The minimum atomic E-state index is -0.134. The van der Waals surface area contributed by atoms with E-state index >= 15 is 0 Å². The number of rotatable bonds is 6. The minimum Gasteiger partial charge on any atom is -0.472 e. The molecule has 2 aromatic heterocycles. The molecular formula is C18H25N3O4. The number of carbonyl (C=O) groups excluding carboxylic acids is 1. The van der Waals surface area contributed by atoms with Gasteiger partial charge in [-0.1, -0.05) is 19.0 Å². The fourth-order valence-corrected chi connectivity index (χ4v) is 3.14. The van der Waals surface area contributed by atoms with Crippen molar-refractivity contribution in [2.45, 2.75) is 38.8 Å². The number of aliphatic hydroxyl groups is 1. The Morgan fingerprint density at radius 2 is 2.28 bits per heavy atom. The molecule has 0 bridgehead atoms. The molecule has 25 heavy (non-hydrogen) atoms. The largest absolute Gasteiger partial charge is 0.472 e. The van der Waals surface area contributed by atoms with Gasteiger partial charge in [-0.25, -0.2) is 0 Å². The van der Waals surface area contributed by atoms with Crippen LogP contribution in [0.15, 0.2) is 33.6 Å². The molecule has 1 fully saturated rings. The van der Waals surface area contributed by atoms with Crippen molar-refractivity contribution >= 4 is 5.91 Å². The highest BCUT2D eigenvalue weighted by Crippen LogP contribution is 2.20. The number of aromatic nitrogens is 1. The van der Waals surface area contributed by atoms with Crippen molar-refractivity contribution in [2.75, 3.05) is 26.2 Å². The van der Waals surface area contributed by atoms with E-state index in [0.29, 0.717) is 19.5 Å². The van der Waals surface area contributed by atoms with Gasteiger partial charge in [0.25, 0.3) is 5.91 Å². The molecule has 1 saturated heterocycles. The molecule has 1 N–H and O–H groups in total. The van der Waals surface area contributed by atoms with Crippen LogP contribution >= 0.6 is 0 Å². The summed E-state index contributed by atoms with van der Waals surface area (Å²) < 4.78 is 10.4. The van der Waals surface area contributed by atoms with E-state index in [1.54, 1.807) is 23.5 Å². The molecule has 1 amide bonds. The highest BCUT2D eigenvalue weighted by Gasteiger charge is 2.31. The van der Waals surface area contributed by atoms with Crippen molar-refractivity contribution in [1.82, 2.24) is 15.0 Å². The Kier molecular flexibility index (Phi) is 5.55.